The lowest BCUT2D eigenvalue weighted by Crippen LogP contribution is -2.03. The van der Waals surface area contributed by atoms with Gasteiger partial charge in [-0.05, 0) is 61.7 Å². The number of carbonyl (C=O) groups is 1. The predicted octanol–water partition coefficient (Wildman–Crippen LogP) is 11.1. The molecule has 0 heterocycles. The molecule has 2 aromatic carbocycles. The average molecular weight is 579 g/mol. The standard InChI is InChI=1S/C37H54O3S/c1-5-7-9-11-13-15-17-19-27-39-36-30-34(24-21-33-22-25-35(26-23-33)41-32(4)38)37(29-31(36)3)40-28-20-18-16-14-12-10-8-6-2/h22-23,25-26,29-30H,5-20,27-28H2,1-4H3. The molecule has 0 atom stereocenters. The Labute approximate surface area is 255 Å². The summed E-state index contributed by atoms with van der Waals surface area (Å²) in [5.74, 6) is 8.36. The molecule has 0 fully saturated rings. The Hall–Kier alpha value is -2.38. The van der Waals surface area contributed by atoms with Crippen LogP contribution in [0.15, 0.2) is 41.3 Å². The minimum Gasteiger partial charge on any atom is -0.493 e. The second-order valence-electron chi connectivity index (χ2n) is 11.1. The number of hydrogen-bond donors (Lipinski definition) is 0. The summed E-state index contributed by atoms with van der Waals surface area (Å²) in [5, 5.41) is 0.0845. The molecule has 0 N–H and O–H groups in total. The molecule has 0 unspecified atom stereocenters. The number of aryl methyl sites for hydroxylation is 1. The second kappa shape index (κ2) is 22.2. The summed E-state index contributed by atoms with van der Waals surface area (Å²) < 4.78 is 12.5. The maximum atomic E-state index is 11.4. The van der Waals surface area contributed by atoms with E-state index in [1.807, 2.05) is 24.3 Å². The van der Waals surface area contributed by atoms with Crippen molar-refractivity contribution in [3.63, 3.8) is 0 Å². The van der Waals surface area contributed by atoms with E-state index < -0.39 is 0 Å². The Morgan fingerprint density at radius 2 is 1.15 bits per heavy atom. The first kappa shape index (κ1) is 34.8. The monoisotopic (exact) mass is 578 g/mol. The molecule has 2 rings (SSSR count). The van der Waals surface area contributed by atoms with E-state index in [4.69, 9.17) is 9.47 Å². The van der Waals surface area contributed by atoms with E-state index in [-0.39, 0.29) is 5.12 Å². The van der Waals surface area contributed by atoms with Gasteiger partial charge in [-0.2, -0.15) is 0 Å². The molecule has 0 saturated carbocycles. The highest BCUT2D eigenvalue weighted by Crippen LogP contribution is 2.29. The van der Waals surface area contributed by atoms with Gasteiger partial charge >= 0.3 is 0 Å². The SMILES string of the molecule is CCCCCCCCCCOc1cc(C#Cc2ccc(SC(C)=O)cc2)c(OCCCCCCCCCC)cc1C. The number of unbranched alkanes of at least 4 members (excludes halogenated alkanes) is 14. The van der Waals surface area contributed by atoms with Gasteiger partial charge in [0.25, 0.3) is 0 Å². The van der Waals surface area contributed by atoms with E-state index in [9.17, 15) is 4.79 Å². The quantitative estimate of drug-likeness (QED) is 0.0838. The summed E-state index contributed by atoms with van der Waals surface area (Å²) >= 11 is 1.24. The Morgan fingerprint density at radius 1 is 0.659 bits per heavy atom. The predicted molar refractivity (Wildman–Crippen MR) is 176 cm³/mol. The normalized spacial score (nSPS) is 10.7. The lowest BCUT2D eigenvalue weighted by atomic mass is 10.1. The zero-order valence-corrected chi connectivity index (χ0v) is 27.1. The van der Waals surface area contributed by atoms with E-state index in [0.717, 1.165) is 52.5 Å². The van der Waals surface area contributed by atoms with Crippen molar-refractivity contribution in [2.45, 2.75) is 135 Å². The fraction of sp³-hybridized carbons (Fsp3) is 0.595. The molecule has 0 amide bonds. The zero-order valence-electron chi connectivity index (χ0n) is 26.3. The Balaban J connectivity index is 1.98. The molecular formula is C37H54O3S. The first-order valence-corrected chi connectivity index (χ1v) is 17.1. The van der Waals surface area contributed by atoms with Crippen molar-refractivity contribution in [2.24, 2.45) is 0 Å². The topological polar surface area (TPSA) is 35.5 Å². The van der Waals surface area contributed by atoms with Gasteiger partial charge in [0.2, 0.25) is 0 Å². The molecule has 0 bridgehead atoms. The van der Waals surface area contributed by atoms with Gasteiger partial charge in [0.05, 0.1) is 18.8 Å². The number of hydrogen-bond acceptors (Lipinski definition) is 4. The molecule has 0 radical (unpaired) electrons. The maximum absolute atomic E-state index is 11.4. The first-order valence-electron chi connectivity index (χ1n) is 16.2. The molecule has 4 heteroatoms. The molecule has 2 aromatic rings. The van der Waals surface area contributed by atoms with Crippen LogP contribution < -0.4 is 9.47 Å². The molecule has 0 aromatic heterocycles. The highest BCUT2D eigenvalue weighted by atomic mass is 32.2. The van der Waals surface area contributed by atoms with Gasteiger partial charge in [-0.25, -0.2) is 0 Å². The fourth-order valence-electron chi connectivity index (χ4n) is 4.78. The van der Waals surface area contributed by atoms with Crippen LogP contribution in [0.2, 0.25) is 0 Å². The van der Waals surface area contributed by atoms with Crippen molar-refractivity contribution in [2.75, 3.05) is 13.2 Å². The second-order valence-corrected chi connectivity index (χ2v) is 12.4. The molecule has 0 aliphatic carbocycles. The van der Waals surface area contributed by atoms with Crippen LogP contribution in [0.5, 0.6) is 11.5 Å². The molecular weight excluding hydrogens is 524 g/mol. The molecule has 3 nitrogen and oxygen atoms in total. The average Bonchev–Trinajstić information content (AvgIpc) is 2.96. The van der Waals surface area contributed by atoms with Gasteiger partial charge < -0.3 is 9.47 Å². The summed E-state index contributed by atoms with van der Waals surface area (Å²) in [7, 11) is 0. The van der Waals surface area contributed by atoms with Gasteiger partial charge in [-0.15, -0.1) is 0 Å². The molecule has 0 aliphatic rings. The number of benzene rings is 2. The first-order chi connectivity index (χ1) is 20.0. The van der Waals surface area contributed by atoms with Gasteiger partial charge in [0, 0.05) is 17.4 Å². The van der Waals surface area contributed by atoms with Gasteiger partial charge in [0.15, 0.2) is 5.12 Å². The van der Waals surface area contributed by atoms with Crippen LogP contribution in [0.1, 0.15) is 140 Å². The summed E-state index contributed by atoms with van der Waals surface area (Å²) in [6.45, 7) is 9.64. The van der Waals surface area contributed by atoms with Crippen molar-refractivity contribution in [3.8, 4) is 23.3 Å². The number of carbonyl (C=O) groups excluding carboxylic acids is 1. The van der Waals surface area contributed by atoms with Crippen molar-refractivity contribution in [3.05, 3.63) is 53.1 Å². The largest absolute Gasteiger partial charge is 0.493 e. The van der Waals surface area contributed by atoms with Crippen LogP contribution in [-0.4, -0.2) is 18.3 Å². The van der Waals surface area contributed by atoms with E-state index in [2.05, 4.69) is 44.7 Å². The highest BCUT2D eigenvalue weighted by molar-refractivity contribution is 8.13. The third kappa shape index (κ3) is 16.0. The van der Waals surface area contributed by atoms with Crippen LogP contribution in [0.3, 0.4) is 0 Å². The van der Waals surface area contributed by atoms with E-state index >= 15 is 0 Å². The smallest absolute Gasteiger partial charge is 0.190 e. The minimum absolute atomic E-state index is 0.0845. The van der Waals surface area contributed by atoms with Crippen LogP contribution >= 0.6 is 11.8 Å². The van der Waals surface area contributed by atoms with Crippen molar-refractivity contribution in [1.82, 2.24) is 0 Å². The Morgan fingerprint density at radius 3 is 1.66 bits per heavy atom. The maximum Gasteiger partial charge on any atom is 0.190 e. The number of thioether (sulfide) groups is 1. The third-order valence-electron chi connectivity index (χ3n) is 7.25. The van der Waals surface area contributed by atoms with Crippen LogP contribution in [-0.2, 0) is 4.79 Å². The van der Waals surface area contributed by atoms with Gasteiger partial charge in [0.1, 0.15) is 11.5 Å². The zero-order chi connectivity index (χ0) is 29.5. The summed E-state index contributed by atoms with van der Waals surface area (Å²) in [6, 6.07) is 12.0. The van der Waals surface area contributed by atoms with Crippen molar-refractivity contribution < 1.29 is 14.3 Å². The molecule has 41 heavy (non-hydrogen) atoms. The fourth-order valence-corrected chi connectivity index (χ4v) is 5.39. The van der Waals surface area contributed by atoms with Gasteiger partial charge in [-0.3, -0.25) is 4.79 Å². The van der Waals surface area contributed by atoms with Crippen LogP contribution in [0.25, 0.3) is 0 Å². The van der Waals surface area contributed by atoms with E-state index in [1.54, 1.807) is 6.92 Å². The van der Waals surface area contributed by atoms with E-state index in [0.29, 0.717) is 6.61 Å². The Kier molecular flexibility index (Phi) is 18.9. The molecule has 226 valence electrons. The van der Waals surface area contributed by atoms with Gasteiger partial charge in [-0.1, -0.05) is 127 Å². The number of ether oxygens (including phenoxy) is 2. The minimum atomic E-state index is 0.0845. The van der Waals surface area contributed by atoms with Crippen LogP contribution in [0.4, 0.5) is 0 Å². The van der Waals surface area contributed by atoms with Crippen LogP contribution in [0, 0.1) is 18.8 Å². The van der Waals surface area contributed by atoms with E-state index in [1.165, 1.54) is 102 Å². The summed E-state index contributed by atoms with van der Waals surface area (Å²) in [6.07, 6.45) is 20.5. The lowest BCUT2D eigenvalue weighted by Gasteiger charge is -2.14. The van der Waals surface area contributed by atoms with Crippen molar-refractivity contribution >= 4 is 16.9 Å². The number of rotatable bonds is 21. The highest BCUT2D eigenvalue weighted by Gasteiger charge is 2.09. The molecule has 0 aliphatic heterocycles. The van der Waals surface area contributed by atoms with Crippen molar-refractivity contribution in [1.29, 1.82) is 0 Å². The summed E-state index contributed by atoms with van der Waals surface area (Å²) in [5.41, 5.74) is 2.86. The third-order valence-corrected chi connectivity index (χ3v) is 8.04. The Bertz CT molecular complexity index is 1050. The molecule has 0 spiro atoms. The summed E-state index contributed by atoms with van der Waals surface area (Å²) in [4.78, 5) is 12.3. The lowest BCUT2D eigenvalue weighted by molar-refractivity contribution is -0.109. The molecule has 0 saturated heterocycles.